The second kappa shape index (κ2) is 7.71. The second-order valence-electron chi connectivity index (χ2n) is 6.43. The highest BCUT2D eigenvalue weighted by Crippen LogP contribution is 2.33. The highest BCUT2D eigenvalue weighted by Gasteiger charge is 2.25. The maximum Gasteiger partial charge on any atom is 0.123 e. The lowest BCUT2D eigenvalue weighted by atomic mass is 10.1. The van der Waals surface area contributed by atoms with Gasteiger partial charge in [-0.3, -0.25) is 9.58 Å². The minimum atomic E-state index is 0.365. The van der Waals surface area contributed by atoms with Crippen LogP contribution in [0.3, 0.4) is 0 Å². The summed E-state index contributed by atoms with van der Waals surface area (Å²) < 4.78 is 12.8. The number of nitrogens with zero attached hydrogens (tertiary/aromatic N) is 3. The van der Waals surface area contributed by atoms with E-state index in [1.54, 1.807) is 14.2 Å². The van der Waals surface area contributed by atoms with Crippen LogP contribution < -0.4 is 9.47 Å². The van der Waals surface area contributed by atoms with E-state index in [9.17, 15) is 0 Å². The van der Waals surface area contributed by atoms with E-state index in [1.807, 2.05) is 30.1 Å². The van der Waals surface area contributed by atoms with Crippen LogP contribution in [-0.2, 0) is 13.6 Å². The van der Waals surface area contributed by atoms with Crippen LogP contribution in [-0.4, -0.2) is 35.4 Å². The molecule has 1 aliphatic rings. The molecule has 1 atom stereocenters. The molecule has 0 unspecified atom stereocenters. The van der Waals surface area contributed by atoms with E-state index >= 15 is 0 Å². The molecule has 0 radical (unpaired) electrons. The van der Waals surface area contributed by atoms with Crippen molar-refractivity contribution in [3.63, 3.8) is 0 Å². The lowest BCUT2D eigenvalue weighted by molar-refractivity contribution is 0.185. The van der Waals surface area contributed by atoms with Gasteiger partial charge in [-0.05, 0) is 43.7 Å². The lowest BCUT2D eigenvalue weighted by Gasteiger charge is -2.29. The monoisotopic (exact) mass is 329 g/mol. The van der Waals surface area contributed by atoms with E-state index in [2.05, 4.69) is 22.1 Å². The number of rotatable bonds is 5. The molecule has 1 aromatic carbocycles. The largest absolute Gasteiger partial charge is 0.497 e. The summed E-state index contributed by atoms with van der Waals surface area (Å²) >= 11 is 0. The van der Waals surface area contributed by atoms with Crippen molar-refractivity contribution in [1.29, 1.82) is 0 Å². The molecule has 0 amide bonds. The molecule has 1 aliphatic heterocycles. The number of aromatic nitrogens is 2. The van der Waals surface area contributed by atoms with Gasteiger partial charge in [0.1, 0.15) is 11.5 Å². The van der Waals surface area contributed by atoms with Gasteiger partial charge >= 0.3 is 0 Å². The Bertz CT molecular complexity index is 668. The molecule has 0 N–H and O–H groups in total. The lowest BCUT2D eigenvalue weighted by Crippen LogP contribution is -2.28. The van der Waals surface area contributed by atoms with E-state index in [4.69, 9.17) is 9.47 Å². The number of hydrogen-bond donors (Lipinski definition) is 0. The van der Waals surface area contributed by atoms with Crippen molar-refractivity contribution in [3.05, 3.63) is 41.7 Å². The second-order valence-corrected chi connectivity index (χ2v) is 6.43. The molecule has 1 aromatic heterocycles. The molecular weight excluding hydrogens is 302 g/mol. The van der Waals surface area contributed by atoms with Crippen molar-refractivity contribution >= 4 is 0 Å². The fourth-order valence-electron chi connectivity index (χ4n) is 3.53. The summed E-state index contributed by atoms with van der Waals surface area (Å²) in [5.41, 5.74) is 2.33. The Balaban J connectivity index is 1.87. The standard InChI is InChI=1S/C19H27N3O2/c1-21-12-10-17(20-21)18-7-5-4-6-11-22(18)14-15-13-16(23-2)8-9-19(15)24-3/h8-10,12-13,18H,4-7,11,14H2,1-3H3/t18-/m0/s1. The Morgan fingerprint density at radius 3 is 2.71 bits per heavy atom. The number of aryl methyl sites for hydroxylation is 1. The molecule has 0 saturated carbocycles. The van der Waals surface area contributed by atoms with Crippen molar-refractivity contribution in [2.75, 3.05) is 20.8 Å². The van der Waals surface area contributed by atoms with Gasteiger partial charge in [-0.15, -0.1) is 0 Å². The summed E-state index contributed by atoms with van der Waals surface area (Å²) in [5, 5.41) is 4.66. The van der Waals surface area contributed by atoms with Gasteiger partial charge in [-0.25, -0.2) is 0 Å². The molecule has 5 nitrogen and oxygen atoms in total. The molecule has 1 fully saturated rings. The third-order valence-electron chi connectivity index (χ3n) is 4.80. The van der Waals surface area contributed by atoms with E-state index in [0.29, 0.717) is 6.04 Å². The van der Waals surface area contributed by atoms with Crippen molar-refractivity contribution in [1.82, 2.24) is 14.7 Å². The van der Waals surface area contributed by atoms with Crippen molar-refractivity contribution in [3.8, 4) is 11.5 Å². The van der Waals surface area contributed by atoms with Crippen LogP contribution >= 0.6 is 0 Å². The zero-order chi connectivity index (χ0) is 16.9. The molecule has 0 aliphatic carbocycles. The molecule has 1 saturated heterocycles. The summed E-state index contributed by atoms with van der Waals surface area (Å²) in [7, 11) is 5.41. The van der Waals surface area contributed by atoms with Crippen LogP contribution in [0.25, 0.3) is 0 Å². The third kappa shape index (κ3) is 3.73. The predicted octanol–water partition coefficient (Wildman–Crippen LogP) is 3.55. The quantitative estimate of drug-likeness (QED) is 0.841. The smallest absolute Gasteiger partial charge is 0.123 e. The van der Waals surface area contributed by atoms with Crippen LogP contribution in [0.15, 0.2) is 30.5 Å². The van der Waals surface area contributed by atoms with Crippen molar-refractivity contribution in [2.24, 2.45) is 7.05 Å². The highest BCUT2D eigenvalue weighted by molar-refractivity contribution is 5.40. The summed E-state index contributed by atoms with van der Waals surface area (Å²) in [4.78, 5) is 2.53. The Morgan fingerprint density at radius 1 is 1.12 bits per heavy atom. The first-order chi connectivity index (χ1) is 11.7. The number of likely N-dealkylation sites (tertiary alicyclic amines) is 1. The molecule has 2 heterocycles. The van der Waals surface area contributed by atoms with Crippen LogP contribution in [0.1, 0.15) is 43.0 Å². The minimum absolute atomic E-state index is 0.365. The average molecular weight is 329 g/mol. The third-order valence-corrected chi connectivity index (χ3v) is 4.80. The summed E-state index contributed by atoms with van der Waals surface area (Å²) in [6.07, 6.45) is 6.96. The molecule has 0 bridgehead atoms. The molecular formula is C19H27N3O2. The van der Waals surface area contributed by atoms with E-state index in [1.165, 1.54) is 30.5 Å². The van der Waals surface area contributed by atoms with E-state index in [-0.39, 0.29) is 0 Å². The number of hydrogen-bond acceptors (Lipinski definition) is 4. The molecule has 5 heteroatoms. The average Bonchev–Trinajstić information content (AvgIpc) is 2.89. The van der Waals surface area contributed by atoms with Gasteiger partial charge in [0, 0.05) is 25.4 Å². The van der Waals surface area contributed by atoms with Gasteiger partial charge in [0.2, 0.25) is 0 Å². The maximum atomic E-state index is 5.56. The van der Waals surface area contributed by atoms with Gasteiger partial charge in [0.05, 0.1) is 26.0 Å². The van der Waals surface area contributed by atoms with Crippen LogP contribution in [0.4, 0.5) is 0 Å². The zero-order valence-electron chi connectivity index (χ0n) is 14.9. The SMILES string of the molecule is COc1ccc(OC)c(CN2CCCCC[C@H]2c2ccn(C)n2)c1. The van der Waals surface area contributed by atoms with Gasteiger partial charge in [0.25, 0.3) is 0 Å². The first kappa shape index (κ1) is 16.8. The highest BCUT2D eigenvalue weighted by atomic mass is 16.5. The van der Waals surface area contributed by atoms with Crippen molar-refractivity contribution in [2.45, 2.75) is 38.3 Å². The fourth-order valence-corrected chi connectivity index (χ4v) is 3.53. The number of methoxy groups -OCH3 is 2. The molecule has 24 heavy (non-hydrogen) atoms. The Hall–Kier alpha value is -2.01. The summed E-state index contributed by atoms with van der Waals surface area (Å²) in [6, 6.07) is 8.53. The van der Waals surface area contributed by atoms with Crippen molar-refractivity contribution < 1.29 is 9.47 Å². The normalized spacial score (nSPS) is 19.0. The summed E-state index contributed by atoms with van der Waals surface area (Å²) in [5.74, 6) is 1.79. The molecule has 3 rings (SSSR count). The number of benzene rings is 1. The first-order valence-corrected chi connectivity index (χ1v) is 8.65. The van der Waals surface area contributed by atoms with Crippen LogP contribution in [0.2, 0.25) is 0 Å². The van der Waals surface area contributed by atoms with Gasteiger partial charge in [-0.1, -0.05) is 12.8 Å². The maximum absolute atomic E-state index is 5.56. The van der Waals surface area contributed by atoms with Gasteiger partial charge in [0.15, 0.2) is 0 Å². The molecule has 2 aromatic rings. The Morgan fingerprint density at radius 2 is 2.00 bits per heavy atom. The Kier molecular flexibility index (Phi) is 5.41. The van der Waals surface area contributed by atoms with Crippen LogP contribution in [0, 0.1) is 0 Å². The zero-order valence-corrected chi connectivity index (χ0v) is 14.9. The van der Waals surface area contributed by atoms with E-state index < -0.39 is 0 Å². The topological polar surface area (TPSA) is 39.5 Å². The molecule has 130 valence electrons. The number of ether oxygens (including phenoxy) is 2. The minimum Gasteiger partial charge on any atom is -0.497 e. The summed E-state index contributed by atoms with van der Waals surface area (Å²) in [6.45, 7) is 1.93. The van der Waals surface area contributed by atoms with Gasteiger partial charge in [-0.2, -0.15) is 5.10 Å². The van der Waals surface area contributed by atoms with Crippen LogP contribution in [0.5, 0.6) is 11.5 Å². The predicted molar refractivity (Wildman–Crippen MR) is 94.4 cm³/mol. The van der Waals surface area contributed by atoms with E-state index in [0.717, 1.165) is 31.0 Å². The Labute approximate surface area is 144 Å². The fraction of sp³-hybridized carbons (Fsp3) is 0.526. The first-order valence-electron chi connectivity index (χ1n) is 8.65. The van der Waals surface area contributed by atoms with Gasteiger partial charge < -0.3 is 9.47 Å². The molecule has 0 spiro atoms.